The first kappa shape index (κ1) is 24.9. The number of nitrogens with one attached hydrogen (secondary N) is 3. The maximum Gasteiger partial charge on any atom is 0.255 e. The van der Waals surface area contributed by atoms with E-state index in [1.54, 1.807) is 24.4 Å². The minimum Gasteiger partial charge on any atom is -0.489 e. The van der Waals surface area contributed by atoms with Crippen LogP contribution in [0.15, 0.2) is 42.6 Å². The minimum atomic E-state index is -0.654. The molecule has 0 saturated carbocycles. The van der Waals surface area contributed by atoms with Gasteiger partial charge in [-0.1, -0.05) is 24.3 Å². The number of ether oxygens (including phenoxy) is 1. The summed E-state index contributed by atoms with van der Waals surface area (Å²) in [7, 11) is 0. The lowest BCUT2D eigenvalue weighted by molar-refractivity contribution is -0.135. The molecule has 0 bridgehead atoms. The van der Waals surface area contributed by atoms with Crippen molar-refractivity contribution in [1.82, 2.24) is 20.5 Å². The van der Waals surface area contributed by atoms with E-state index in [2.05, 4.69) is 20.9 Å². The standard InChI is InChI=1S/C25H31N5O4S/c1-18-15-28-24(35-18)29-21(31)16-30-13-6-10-25(17-30)9-4-5-14-34-20-8-3-2-7-19(20)22(32)26-11-12-27-23(25)33/h2-5,7-8,15H,6,9-14,16-17H2,1H3,(H,26,32)(H,27,33)(H,28,29,31)/b5-4-. The maximum absolute atomic E-state index is 13.3. The van der Waals surface area contributed by atoms with Gasteiger partial charge in [0.1, 0.15) is 12.4 Å². The molecule has 2 aliphatic rings. The molecule has 0 radical (unpaired) electrons. The Bertz CT molecular complexity index is 1100. The highest BCUT2D eigenvalue weighted by molar-refractivity contribution is 7.15. The third-order valence-electron chi connectivity index (χ3n) is 6.21. The van der Waals surface area contributed by atoms with Gasteiger partial charge < -0.3 is 20.7 Å². The van der Waals surface area contributed by atoms with Crippen LogP contribution in [-0.2, 0) is 9.59 Å². The molecule has 1 aromatic heterocycles. The highest BCUT2D eigenvalue weighted by Crippen LogP contribution is 2.34. The average molecular weight is 498 g/mol. The molecule has 1 saturated heterocycles. The zero-order valence-corrected chi connectivity index (χ0v) is 20.7. The summed E-state index contributed by atoms with van der Waals surface area (Å²) in [6.07, 6.45) is 7.66. The number of hydrogen-bond donors (Lipinski definition) is 3. The van der Waals surface area contributed by atoms with Crippen LogP contribution in [0.25, 0.3) is 0 Å². The summed E-state index contributed by atoms with van der Waals surface area (Å²) in [5.41, 5.74) is -0.186. The van der Waals surface area contributed by atoms with Crippen LogP contribution in [0.1, 0.15) is 34.5 Å². The van der Waals surface area contributed by atoms with E-state index >= 15 is 0 Å². The highest BCUT2D eigenvalue weighted by Gasteiger charge is 2.41. The Labute approximate surface area is 208 Å². The number of amides is 3. The number of carbonyl (C=O) groups is 3. The van der Waals surface area contributed by atoms with Gasteiger partial charge in [0.2, 0.25) is 11.8 Å². The summed E-state index contributed by atoms with van der Waals surface area (Å²) >= 11 is 1.44. The first-order valence-corrected chi connectivity index (χ1v) is 12.6. The van der Waals surface area contributed by atoms with E-state index in [1.165, 1.54) is 11.3 Å². The number of carbonyl (C=O) groups excluding carboxylic acids is 3. The number of rotatable bonds is 3. The topological polar surface area (TPSA) is 113 Å². The van der Waals surface area contributed by atoms with E-state index in [1.807, 2.05) is 30.0 Å². The number of benzene rings is 1. The molecule has 1 unspecified atom stereocenters. The fraction of sp³-hybridized carbons (Fsp3) is 0.440. The predicted molar refractivity (Wildman–Crippen MR) is 135 cm³/mol. The molecule has 186 valence electrons. The second-order valence-corrected chi connectivity index (χ2v) is 10.1. The van der Waals surface area contributed by atoms with Crippen molar-refractivity contribution in [3.8, 4) is 5.75 Å². The van der Waals surface area contributed by atoms with Gasteiger partial charge in [-0.2, -0.15) is 0 Å². The molecule has 1 aromatic carbocycles. The van der Waals surface area contributed by atoms with Crippen molar-refractivity contribution in [2.24, 2.45) is 5.41 Å². The lowest BCUT2D eigenvalue weighted by Gasteiger charge is -2.41. The molecule has 0 aliphatic carbocycles. The van der Waals surface area contributed by atoms with Gasteiger partial charge in [-0.25, -0.2) is 4.98 Å². The largest absolute Gasteiger partial charge is 0.489 e. The summed E-state index contributed by atoms with van der Waals surface area (Å²) in [4.78, 5) is 45.7. The van der Waals surface area contributed by atoms with E-state index in [0.717, 1.165) is 24.3 Å². The fourth-order valence-electron chi connectivity index (χ4n) is 4.51. The van der Waals surface area contributed by atoms with Gasteiger partial charge >= 0.3 is 0 Å². The molecule has 4 rings (SSSR count). The number of piperidine rings is 1. The summed E-state index contributed by atoms with van der Waals surface area (Å²) in [5.74, 6) is 0.0880. The van der Waals surface area contributed by atoms with E-state index < -0.39 is 5.41 Å². The normalized spacial score (nSPS) is 22.8. The van der Waals surface area contributed by atoms with Crippen molar-refractivity contribution >= 4 is 34.2 Å². The second kappa shape index (κ2) is 11.5. The van der Waals surface area contributed by atoms with Crippen molar-refractivity contribution in [1.29, 1.82) is 0 Å². The van der Waals surface area contributed by atoms with Gasteiger partial charge in [0.25, 0.3) is 5.91 Å². The molecular formula is C25H31N5O4S. The van der Waals surface area contributed by atoms with Gasteiger partial charge in [0.15, 0.2) is 5.13 Å². The smallest absolute Gasteiger partial charge is 0.255 e. The summed E-state index contributed by atoms with van der Waals surface area (Å²) in [6, 6.07) is 7.11. The van der Waals surface area contributed by atoms with Gasteiger partial charge in [-0.3, -0.25) is 19.3 Å². The average Bonchev–Trinajstić information content (AvgIpc) is 3.25. The van der Waals surface area contributed by atoms with Crippen LogP contribution in [0.4, 0.5) is 5.13 Å². The lowest BCUT2D eigenvalue weighted by Crippen LogP contribution is -2.53. The molecular weight excluding hydrogens is 466 g/mol. The molecule has 1 spiro atoms. The second-order valence-electron chi connectivity index (χ2n) is 8.91. The van der Waals surface area contributed by atoms with Crippen molar-refractivity contribution < 1.29 is 19.1 Å². The Morgan fingerprint density at radius 2 is 2.06 bits per heavy atom. The van der Waals surface area contributed by atoms with Crippen LogP contribution >= 0.6 is 11.3 Å². The summed E-state index contributed by atoms with van der Waals surface area (Å²) < 4.78 is 5.82. The fourth-order valence-corrected chi connectivity index (χ4v) is 5.19. The Hall–Kier alpha value is -3.24. The Morgan fingerprint density at radius 1 is 1.23 bits per heavy atom. The monoisotopic (exact) mass is 497 g/mol. The van der Waals surface area contributed by atoms with Crippen molar-refractivity contribution in [2.45, 2.75) is 26.2 Å². The van der Waals surface area contributed by atoms with Crippen LogP contribution < -0.4 is 20.7 Å². The number of fused-ring (bicyclic) bond motifs is 1. The molecule has 10 heteroatoms. The van der Waals surface area contributed by atoms with Gasteiger partial charge in [0.05, 0.1) is 17.5 Å². The summed E-state index contributed by atoms with van der Waals surface area (Å²) in [5, 5.41) is 9.28. The molecule has 1 fully saturated rings. The van der Waals surface area contributed by atoms with Crippen LogP contribution in [0.5, 0.6) is 5.75 Å². The Kier molecular flexibility index (Phi) is 8.14. The Morgan fingerprint density at radius 3 is 2.89 bits per heavy atom. The molecule has 3 amide bonds. The van der Waals surface area contributed by atoms with Crippen LogP contribution in [0.3, 0.4) is 0 Å². The third-order valence-corrected chi connectivity index (χ3v) is 7.04. The SMILES string of the molecule is Cc1cnc(NC(=O)CN2CCCC3(C/C=C\COc4ccccc4C(=O)NCCNC3=O)C2)s1. The first-order valence-electron chi connectivity index (χ1n) is 11.8. The number of aromatic nitrogens is 1. The summed E-state index contributed by atoms with van der Waals surface area (Å²) in [6.45, 7) is 4.29. The van der Waals surface area contributed by atoms with Crippen molar-refractivity contribution in [2.75, 3.05) is 44.6 Å². The van der Waals surface area contributed by atoms with Crippen LogP contribution in [0.2, 0.25) is 0 Å². The number of thiazole rings is 1. The molecule has 2 aromatic rings. The predicted octanol–water partition coefficient (Wildman–Crippen LogP) is 2.36. The van der Waals surface area contributed by atoms with Crippen LogP contribution in [-0.4, -0.2) is 66.9 Å². The van der Waals surface area contributed by atoms with Gasteiger partial charge in [0, 0.05) is 30.7 Å². The maximum atomic E-state index is 13.3. The van der Waals surface area contributed by atoms with E-state index in [9.17, 15) is 14.4 Å². The number of hydrogen-bond acceptors (Lipinski definition) is 7. The molecule has 9 nitrogen and oxygen atoms in total. The van der Waals surface area contributed by atoms with E-state index in [0.29, 0.717) is 49.1 Å². The Balaban J connectivity index is 1.44. The van der Waals surface area contributed by atoms with Crippen LogP contribution in [0, 0.1) is 12.3 Å². The highest BCUT2D eigenvalue weighted by atomic mass is 32.1. The number of likely N-dealkylation sites (tertiary alicyclic amines) is 1. The number of allylic oxidation sites excluding steroid dienone is 1. The number of para-hydroxylation sites is 1. The quantitative estimate of drug-likeness (QED) is 0.561. The number of anilines is 1. The van der Waals surface area contributed by atoms with E-state index in [-0.39, 0.29) is 24.3 Å². The number of nitrogens with zero attached hydrogens (tertiary/aromatic N) is 2. The third kappa shape index (κ3) is 6.46. The first-order chi connectivity index (χ1) is 16.9. The lowest BCUT2D eigenvalue weighted by atomic mass is 9.76. The molecule has 1 atom stereocenters. The molecule has 3 heterocycles. The molecule has 2 aliphatic heterocycles. The zero-order chi connectivity index (χ0) is 24.7. The van der Waals surface area contributed by atoms with Gasteiger partial charge in [-0.15, -0.1) is 11.3 Å². The van der Waals surface area contributed by atoms with Crippen molar-refractivity contribution in [3.63, 3.8) is 0 Å². The number of aryl methyl sites for hydroxylation is 1. The zero-order valence-electron chi connectivity index (χ0n) is 19.8. The van der Waals surface area contributed by atoms with E-state index in [4.69, 9.17) is 4.74 Å². The molecule has 3 N–H and O–H groups in total. The van der Waals surface area contributed by atoms with Crippen molar-refractivity contribution in [3.05, 3.63) is 53.1 Å². The van der Waals surface area contributed by atoms with Gasteiger partial charge in [-0.05, 0) is 44.9 Å². The minimum absolute atomic E-state index is 0.0598. The molecule has 35 heavy (non-hydrogen) atoms.